The Balaban J connectivity index is 2.36. The number of benzene rings is 2. The second-order valence-electron chi connectivity index (χ2n) is 5.49. The minimum atomic E-state index is -4.07. The second-order valence-corrected chi connectivity index (χ2v) is 7.17. The molecule has 0 saturated heterocycles. The van der Waals surface area contributed by atoms with Crippen LogP contribution in [0.1, 0.15) is 26.3 Å². The number of hydrogen-bond donors (Lipinski definition) is 3. The Hall–Kier alpha value is -3.13. The first-order valence-electron chi connectivity index (χ1n) is 7.60. The van der Waals surface area contributed by atoms with E-state index >= 15 is 0 Å². The predicted molar refractivity (Wildman–Crippen MR) is 97.9 cm³/mol. The van der Waals surface area contributed by atoms with Gasteiger partial charge in [-0.2, -0.15) is 0 Å². The number of carboxylic acid groups (broad SMARTS) is 1. The molecule has 26 heavy (non-hydrogen) atoms. The standard InChI is InChI=1S/C18H18N2O5S/c1-3-9-19-17(21)13-5-4-6-14(11-13)26(24,25)20-16-8-7-12(2)10-15(16)18(22)23/h3-8,10-11,20H,1,9H2,2H3,(H,19,21)(H,22,23). The van der Waals surface area contributed by atoms with Gasteiger partial charge >= 0.3 is 5.97 Å². The quantitative estimate of drug-likeness (QED) is 0.644. The number of hydrogen-bond acceptors (Lipinski definition) is 4. The van der Waals surface area contributed by atoms with E-state index in [0.717, 1.165) is 0 Å². The number of nitrogens with one attached hydrogen (secondary N) is 2. The second kappa shape index (κ2) is 7.83. The summed E-state index contributed by atoms with van der Waals surface area (Å²) in [4.78, 5) is 23.2. The van der Waals surface area contributed by atoms with Crippen LogP contribution in [0.15, 0.2) is 60.0 Å². The number of carboxylic acids is 1. The zero-order chi connectivity index (χ0) is 19.3. The molecule has 0 spiro atoms. The Morgan fingerprint density at radius 3 is 2.58 bits per heavy atom. The van der Waals surface area contributed by atoms with Gasteiger partial charge in [0.1, 0.15) is 0 Å². The average Bonchev–Trinajstić information content (AvgIpc) is 2.61. The van der Waals surface area contributed by atoms with Gasteiger partial charge in [0.05, 0.1) is 16.1 Å². The summed E-state index contributed by atoms with van der Waals surface area (Å²) in [7, 11) is -4.07. The minimum absolute atomic E-state index is 0.0513. The first-order chi connectivity index (χ1) is 12.2. The van der Waals surface area contributed by atoms with Crippen molar-refractivity contribution in [3.8, 4) is 0 Å². The van der Waals surface area contributed by atoms with Crippen LogP contribution in [0.3, 0.4) is 0 Å². The van der Waals surface area contributed by atoms with Crippen molar-refractivity contribution >= 4 is 27.6 Å². The van der Waals surface area contributed by atoms with Crippen LogP contribution in [-0.4, -0.2) is 31.9 Å². The van der Waals surface area contributed by atoms with Gasteiger partial charge in [-0.3, -0.25) is 9.52 Å². The molecule has 8 heteroatoms. The molecule has 0 aliphatic carbocycles. The van der Waals surface area contributed by atoms with E-state index in [4.69, 9.17) is 0 Å². The molecule has 0 radical (unpaired) electrons. The smallest absolute Gasteiger partial charge is 0.337 e. The SMILES string of the molecule is C=CCNC(=O)c1cccc(S(=O)(=O)Nc2ccc(C)cc2C(=O)O)c1. The third-order valence-corrected chi connectivity index (χ3v) is 4.83. The van der Waals surface area contributed by atoms with Gasteiger partial charge in [0.25, 0.3) is 15.9 Å². The first-order valence-corrected chi connectivity index (χ1v) is 9.09. The lowest BCUT2D eigenvalue weighted by molar-refractivity contribution is 0.0697. The maximum Gasteiger partial charge on any atom is 0.337 e. The lowest BCUT2D eigenvalue weighted by Gasteiger charge is -2.12. The molecule has 2 aromatic carbocycles. The van der Waals surface area contributed by atoms with E-state index in [1.54, 1.807) is 13.0 Å². The van der Waals surface area contributed by atoms with Gasteiger partial charge in [0.2, 0.25) is 0 Å². The molecule has 2 aromatic rings. The summed E-state index contributed by atoms with van der Waals surface area (Å²) in [5.74, 6) is -1.69. The molecule has 0 aromatic heterocycles. The minimum Gasteiger partial charge on any atom is -0.478 e. The highest BCUT2D eigenvalue weighted by Crippen LogP contribution is 2.22. The molecule has 1 amide bonds. The molecule has 0 aliphatic heterocycles. The molecular formula is C18H18N2O5S. The van der Waals surface area contributed by atoms with Crippen LogP contribution in [0, 0.1) is 6.92 Å². The van der Waals surface area contributed by atoms with Crippen molar-refractivity contribution in [2.24, 2.45) is 0 Å². The van der Waals surface area contributed by atoms with Crippen molar-refractivity contribution < 1.29 is 23.1 Å². The van der Waals surface area contributed by atoms with Crippen molar-refractivity contribution in [1.29, 1.82) is 0 Å². The molecule has 0 fully saturated rings. The predicted octanol–water partition coefficient (Wildman–Crippen LogP) is 2.41. The average molecular weight is 374 g/mol. The van der Waals surface area contributed by atoms with E-state index in [0.29, 0.717) is 5.56 Å². The highest BCUT2D eigenvalue weighted by Gasteiger charge is 2.20. The van der Waals surface area contributed by atoms with E-state index in [1.807, 2.05) is 0 Å². The van der Waals surface area contributed by atoms with Crippen LogP contribution in [0.4, 0.5) is 5.69 Å². The number of amides is 1. The van der Waals surface area contributed by atoms with E-state index in [2.05, 4.69) is 16.6 Å². The van der Waals surface area contributed by atoms with Crippen LogP contribution in [0.25, 0.3) is 0 Å². The Morgan fingerprint density at radius 2 is 1.92 bits per heavy atom. The highest BCUT2D eigenvalue weighted by atomic mass is 32.2. The van der Waals surface area contributed by atoms with Crippen molar-refractivity contribution in [2.75, 3.05) is 11.3 Å². The van der Waals surface area contributed by atoms with Gasteiger partial charge in [0, 0.05) is 12.1 Å². The summed E-state index contributed by atoms with van der Waals surface area (Å²) in [5, 5.41) is 11.8. The fourth-order valence-electron chi connectivity index (χ4n) is 2.20. The number of aromatic carboxylic acids is 1. The van der Waals surface area contributed by atoms with E-state index in [9.17, 15) is 23.1 Å². The number of anilines is 1. The Labute approximate surface area is 151 Å². The summed E-state index contributed by atoms with van der Waals surface area (Å²) in [5.41, 5.74) is 0.640. The summed E-state index contributed by atoms with van der Waals surface area (Å²) >= 11 is 0. The fraction of sp³-hybridized carbons (Fsp3) is 0.111. The zero-order valence-corrected chi connectivity index (χ0v) is 14.8. The number of sulfonamides is 1. The van der Waals surface area contributed by atoms with Gasteiger partial charge < -0.3 is 10.4 Å². The lowest BCUT2D eigenvalue weighted by atomic mass is 10.1. The number of carbonyl (C=O) groups excluding carboxylic acids is 1. The van der Waals surface area contributed by atoms with Crippen LogP contribution < -0.4 is 10.0 Å². The lowest BCUT2D eigenvalue weighted by Crippen LogP contribution is -2.23. The van der Waals surface area contributed by atoms with Crippen LogP contribution in [-0.2, 0) is 10.0 Å². The molecule has 0 atom stereocenters. The van der Waals surface area contributed by atoms with Gasteiger partial charge in [-0.15, -0.1) is 6.58 Å². The van der Waals surface area contributed by atoms with Crippen molar-refractivity contribution in [2.45, 2.75) is 11.8 Å². The topological polar surface area (TPSA) is 113 Å². The van der Waals surface area contributed by atoms with Crippen LogP contribution in [0.5, 0.6) is 0 Å². The van der Waals surface area contributed by atoms with Gasteiger partial charge in [-0.1, -0.05) is 23.8 Å². The first kappa shape index (κ1) is 19.2. The summed E-state index contributed by atoms with van der Waals surface area (Å²) in [6, 6.07) is 9.81. The third-order valence-electron chi connectivity index (χ3n) is 3.46. The normalized spacial score (nSPS) is 10.8. The molecule has 7 nitrogen and oxygen atoms in total. The number of carbonyl (C=O) groups is 2. The molecule has 0 aliphatic rings. The van der Waals surface area contributed by atoms with E-state index in [1.165, 1.54) is 42.5 Å². The molecule has 0 heterocycles. The Morgan fingerprint density at radius 1 is 1.19 bits per heavy atom. The molecule has 3 N–H and O–H groups in total. The fourth-order valence-corrected chi connectivity index (χ4v) is 3.32. The van der Waals surface area contributed by atoms with Crippen molar-refractivity contribution in [1.82, 2.24) is 5.32 Å². The van der Waals surface area contributed by atoms with Gasteiger partial charge in [-0.05, 0) is 37.3 Å². The van der Waals surface area contributed by atoms with E-state index in [-0.39, 0.29) is 28.3 Å². The summed E-state index contributed by atoms with van der Waals surface area (Å²) < 4.78 is 27.5. The Bertz CT molecular complexity index is 967. The van der Waals surface area contributed by atoms with Crippen LogP contribution >= 0.6 is 0 Å². The largest absolute Gasteiger partial charge is 0.478 e. The maximum absolute atomic E-state index is 12.6. The number of aryl methyl sites for hydroxylation is 1. The van der Waals surface area contributed by atoms with E-state index < -0.39 is 21.9 Å². The molecule has 0 saturated carbocycles. The molecule has 0 unspecified atom stereocenters. The number of rotatable bonds is 7. The monoisotopic (exact) mass is 374 g/mol. The molecule has 2 rings (SSSR count). The Kier molecular flexibility index (Phi) is 5.78. The van der Waals surface area contributed by atoms with Crippen molar-refractivity contribution in [3.05, 3.63) is 71.8 Å². The molecule has 136 valence electrons. The van der Waals surface area contributed by atoms with Gasteiger partial charge in [0.15, 0.2) is 0 Å². The third kappa shape index (κ3) is 4.48. The summed E-state index contributed by atoms with van der Waals surface area (Å²) in [6.45, 7) is 5.44. The van der Waals surface area contributed by atoms with Crippen LogP contribution in [0.2, 0.25) is 0 Å². The highest BCUT2D eigenvalue weighted by molar-refractivity contribution is 7.92. The maximum atomic E-state index is 12.6. The van der Waals surface area contributed by atoms with Crippen molar-refractivity contribution in [3.63, 3.8) is 0 Å². The zero-order valence-electron chi connectivity index (χ0n) is 14.0. The summed E-state index contributed by atoms with van der Waals surface area (Å²) in [6.07, 6.45) is 1.50. The molecule has 0 bridgehead atoms. The molecular weight excluding hydrogens is 356 g/mol. The van der Waals surface area contributed by atoms with Gasteiger partial charge in [-0.25, -0.2) is 13.2 Å².